The zero-order valence-corrected chi connectivity index (χ0v) is 26.9. The van der Waals surface area contributed by atoms with Gasteiger partial charge < -0.3 is 14.6 Å². The summed E-state index contributed by atoms with van der Waals surface area (Å²) < 4.78 is 41.7. The second-order valence-electron chi connectivity index (χ2n) is 12.8. The molecule has 4 aromatic rings. The highest BCUT2D eigenvalue weighted by atomic mass is 19.1. The molecule has 0 aliphatic carbocycles. The standard InChI is InChI=1S/C36H34F2N4O5/c1-35(2,3)47-34(44)41-15-7-8-29(41)32-40-30-25(23-11-9-21(10-12-23)13-14-36(4,5)45)16-22(20-39)17-26(30)33(43)42(32)24-18-27(37)31(46-6)28(38)19-24/h9-12,16-19,29,45H,7-8,15H2,1-6H3. The molecule has 1 aromatic heterocycles. The Morgan fingerprint density at radius 3 is 2.28 bits per heavy atom. The van der Waals surface area contributed by atoms with E-state index in [1.165, 1.54) is 11.0 Å². The van der Waals surface area contributed by atoms with Crippen molar-refractivity contribution < 1.29 is 28.2 Å². The number of methoxy groups -OCH3 is 1. The van der Waals surface area contributed by atoms with E-state index in [4.69, 9.17) is 14.5 Å². The third kappa shape index (κ3) is 6.96. The van der Waals surface area contributed by atoms with Crippen LogP contribution >= 0.6 is 0 Å². The van der Waals surface area contributed by atoms with E-state index in [0.717, 1.165) is 23.8 Å². The number of rotatable bonds is 4. The first-order valence-electron chi connectivity index (χ1n) is 15.0. The highest BCUT2D eigenvalue weighted by Gasteiger charge is 2.37. The fraction of sp³-hybridized carbons (Fsp3) is 0.333. The molecule has 1 N–H and O–H groups in total. The average Bonchev–Trinajstić information content (AvgIpc) is 3.49. The summed E-state index contributed by atoms with van der Waals surface area (Å²) in [5, 5.41) is 19.9. The van der Waals surface area contributed by atoms with Crippen LogP contribution in [0.4, 0.5) is 13.6 Å². The summed E-state index contributed by atoms with van der Waals surface area (Å²) >= 11 is 0. The maximum Gasteiger partial charge on any atom is 0.410 e. The van der Waals surface area contributed by atoms with Gasteiger partial charge in [-0.1, -0.05) is 24.0 Å². The van der Waals surface area contributed by atoms with E-state index in [-0.39, 0.29) is 28.0 Å². The third-order valence-electron chi connectivity index (χ3n) is 7.46. The lowest BCUT2D eigenvalue weighted by Gasteiger charge is -2.29. The normalized spacial score (nSPS) is 14.8. The molecule has 9 nitrogen and oxygen atoms in total. The molecule has 1 aliphatic rings. The number of amides is 1. The molecule has 3 aromatic carbocycles. The molecule has 1 atom stereocenters. The van der Waals surface area contributed by atoms with E-state index in [0.29, 0.717) is 36.1 Å². The second kappa shape index (κ2) is 12.5. The zero-order valence-electron chi connectivity index (χ0n) is 26.9. The summed E-state index contributed by atoms with van der Waals surface area (Å²) in [6.07, 6.45) is 0.352. The number of fused-ring (bicyclic) bond motifs is 1. The van der Waals surface area contributed by atoms with Crippen molar-refractivity contribution in [3.05, 3.63) is 87.5 Å². The fourth-order valence-electron chi connectivity index (χ4n) is 5.47. The molecule has 47 heavy (non-hydrogen) atoms. The van der Waals surface area contributed by atoms with Crippen LogP contribution in [-0.2, 0) is 4.74 Å². The summed E-state index contributed by atoms with van der Waals surface area (Å²) in [5.41, 5.74) is -0.710. The Balaban J connectivity index is 1.79. The molecule has 0 spiro atoms. The van der Waals surface area contributed by atoms with Gasteiger partial charge in [-0.2, -0.15) is 5.26 Å². The van der Waals surface area contributed by atoms with Gasteiger partial charge in [0.15, 0.2) is 17.4 Å². The van der Waals surface area contributed by atoms with Crippen molar-refractivity contribution in [2.24, 2.45) is 0 Å². The third-order valence-corrected chi connectivity index (χ3v) is 7.46. The van der Waals surface area contributed by atoms with Crippen LogP contribution in [0.5, 0.6) is 5.75 Å². The number of halogens is 2. The molecule has 1 saturated heterocycles. The minimum Gasteiger partial charge on any atom is -0.491 e. The summed E-state index contributed by atoms with van der Waals surface area (Å²) in [4.78, 5) is 34.2. The molecular formula is C36H34F2N4O5. The highest BCUT2D eigenvalue weighted by molar-refractivity contribution is 5.95. The Morgan fingerprint density at radius 1 is 1.04 bits per heavy atom. The topological polar surface area (TPSA) is 118 Å². The lowest BCUT2D eigenvalue weighted by atomic mass is 9.98. The van der Waals surface area contributed by atoms with Gasteiger partial charge in [0, 0.05) is 29.8 Å². The predicted octanol–water partition coefficient (Wildman–Crippen LogP) is 6.41. The van der Waals surface area contributed by atoms with Gasteiger partial charge in [0.05, 0.1) is 41.4 Å². The monoisotopic (exact) mass is 640 g/mol. The van der Waals surface area contributed by atoms with E-state index in [9.17, 15) is 20.0 Å². The SMILES string of the molecule is COc1c(F)cc(-n2c(C3CCCN3C(=O)OC(C)(C)C)nc3c(-c4ccc(C#CC(C)(C)O)cc4)cc(C#N)cc3c2=O)cc1F. The molecule has 0 radical (unpaired) electrons. The van der Waals surface area contributed by atoms with Crippen LogP contribution in [0.3, 0.4) is 0 Å². The molecule has 0 saturated carbocycles. The van der Waals surface area contributed by atoms with E-state index >= 15 is 8.78 Å². The van der Waals surface area contributed by atoms with Crippen molar-refractivity contribution in [3.8, 4) is 40.5 Å². The maximum atomic E-state index is 15.0. The number of hydrogen-bond donors (Lipinski definition) is 1. The second-order valence-corrected chi connectivity index (χ2v) is 12.8. The van der Waals surface area contributed by atoms with E-state index in [1.54, 1.807) is 65.0 Å². The summed E-state index contributed by atoms with van der Waals surface area (Å²) in [5.74, 6) is 3.07. The first kappa shape index (κ1) is 33.1. The van der Waals surface area contributed by atoms with E-state index in [2.05, 4.69) is 17.9 Å². The molecule has 5 rings (SSSR count). The van der Waals surface area contributed by atoms with Crippen LogP contribution < -0.4 is 10.3 Å². The first-order chi connectivity index (χ1) is 22.1. The molecule has 2 heterocycles. The van der Waals surface area contributed by atoms with Crippen LogP contribution in [0.2, 0.25) is 0 Å². The van der Waals surface area contributed by atoms with Crippen LogP contribution in [0.25, 0.3) is 27.7 Å². The van der Waals surface area contributed by atoms with Gasteiger partial charge >= 0.3 is 6.09 Å². The largest absolute Gasteiger partial charge is 0.491 e. The van der Waals surface area contributed by atoms with Gasteiger partial charge in [-0.15, -0.1) is 0 Å². The van der Waals surface area contributed by atoms with Crippen LogP contribution in [0.15, 0.2) is 53.3 Å². The molecule has 1 unspecified atom stereocenters. The summed E-state index contributed by atoms with van der Waals surface area (Å²) in [6, 6.07) is 13.2. The van der Waals surface area contributed by atoms with Crippen molar-refractivity contribution in [2.75, 3.05) is 13.7 Å². The number of nitriles is 1. The van der Waals surface area contributed by atoms with E-state index in [1.807, 2.05) is 0 Å². The van der Waals surface area contributed by atoms with Gasteiger partial charge in [0.1, 0.15) is 17.0 Å². The van der Waals surface area contributed by atoms with E-state index < -0.39 is 46.3 Å². The fourth-order valence-corrected chi connectivity index (χ4v) is 5.47. The lowest BCUT2D eigenvalue weighted by molar-refractivity contribution is 0.0216. The van der Waals surface area contributed by atoms with Crippen LogP contribution in [-0.4, -0.2) is 50.5 Å². The summed E-state index contributed by atoms with van der Waals surface area (Å²) in [7, 11) is 1.13. The van der Waals surface area contributed by atoms with Gasteiger partial charge in [-0.3, -0.25) is 14.3 Å². The van der Waals surface area contributed by atoms with Gasteiger partial charge in [0.2, 0.25) is 0 Å². The Morgan fingerprint density at radius 2 is 1.70 bits per heavy atom. The Bertz CT molecular complexity index is 2020. The number of nitrogens with zero attached hydrogens (tertiary/aromatic N) is 4. The number of benzene rings is 3. The van der Waals surface area contributed by atoms with Crippen molar-refractivity contribution >= 4 is 17.0 Å². The van der Waals surface area contributed by atoms with Gasteiger partial charge in [0.25, 0.3) is 5.56 Å². The summed E-state index contributed by atoms with van der Waals surface area (Å²) in [6.45, 7) is 8.68. The van der Waals surface area contributed by atoms with Gasteiger partial charge in [-0.25, -0.2) is 18.6 Å². The Labute approximate surface area is 271 Å². The van der Waals surface area contributed by atoms with Crippen molar-refractivity contribution in [1.82, 2.24) is 14.5 Å². The molecule has 242 valence electrons. The highest BCUT2D eigenvalue weighted by Crippen LogP contribution is 2.36. The molecule has 1 amide bonds. The quantitative estimate of drug-likeness (QED) is 0.256. The Kier molecular flexibility index (Phi) is 8.81. The first-order valence-corrected chi connectivity index (χ1v) is 15.0. The number of hydrogen-bond acceptors (Lipinski definition) is 7. The number of aromatic nitrogens is 2. The number of ether oxygens (including phenoxy) is 2. The zero-order chi connectivity index (χ0) is 34.3. The van der Waals surface area contributed by atoms with Crippen molar-refractivity contribution in [1.29, 1.82) is 5.26 Å². The maximum absolute atomic E-state index is 15.0. The number of aliphatic hydroxyl groups is 1. The minimum atomic E-state index is -1.18. The smallest absolute Gasteiger partial charge is 0.410 e. The molecule has 1 aliphatic heterocycles. The number of likely N-dealkylation sites (tertiary alicyclic amines) is 1. The lowest BCUT2D eigenvalue weighted by Crippen LogP contribution is -2.38. The molecular weight excluding hydrogens is 606 g/mol. The molecule has 11 heteroatoms. The van der Waals surface area contributed by atoms with Crippen LogP contribution in [0.1, 0.15) is 70.5 Å². The van der Waals surface area contributed by atoms with Crippen LogP contribution in [0, 0.1) is 34.8 Å². The van der Waals surface area contributed by atoms with Gasteiger partial charge in [-0.05, 0) is 77.3 Å². The Hall–Kier alpha value is -5.26. The number of carbonyl (C=O) groups excluding carboxylic acids is 1. The predicted molar refractivity (Wildman–Crippen MR) is 172 cm³/mol. The minimum absolute atomic E-state index is 0.0344. The molecule has 0 bridgehead atoms. The van der Waals surface area contributed by atoms with Crippen molar-refractivity contribution in [2.45, 2.75) is 64.7 Å². The molecule has 1 fully saturated rings. The number of carbonyl (C=O) groups is 1. The van der Waals surface area contributed by atoms with Crippen molar-refractivity contribution in [3.63, 3.8) is 0 Å². The average molecular weight is 641 g/mol.